The minimum atomic E-state index is -2.71. The highest BCUT2D eigenvalue weighted by Crippen LogP contribution is 2.28. The van der Waals surface area contributed by atoms with Crippen LogP contribution in [0.2, 0.25) is 0 Å². The van der Waals surface area contributed by atoms with E-state index in [4.69, 9.17) is 4.42 Å². The zero-order valence-corrected chi connectivity index (χ0v) is 51.1. The molecule has 0 aliphatic carbocycles. The summed E-state index contributed by atoms with van der Waals surface area (Å²) in [4.78, 5) is 4.21. The number of aromatic nitrogens is 5. The average Bonchev–Trinajstić information content (AvgIpc) is 3.51. The summed E-state index contributed by atoms with van der Waals surface area (Å²) < 4.78 is 36.4. The Kier molecular flexibility index (Phi) is 21.7. The molecule has 0 saturated carbocycles. The van der Waals surface area contributed by atoms with Gasteiger partial charge in [0, 0.05) is 101 Å². The molecular weight excluding hydrogens is 1060 g/mol. The largest absolute Gasteiger partial charge is 0.464 e. The summed E-state index contributed by atoms with van der Waals surface area (Å²) in [6.07, 6.45) is 8.71. The Hall–Kier alpha value is -9.92. The fourth-order valence-corrected chi connectivity index (χ4v) is 10.1. The van der Waals surface area contributed by atoms with Crippen LogP contribution in [0.15, 0.2) is 278 Å². The predicted molar refractivity (Wildman–Crippen MR) is 361 cm³/mol. The second kappa shape index (κ2) is 30.1. The van der Waals surface area contributed by atoms with E-state index in [-0.39, 0.29) is 5.56 Å². The highest BCUT2D eigenvalue weighted by molar-refractivity contribution is 6.07. The van der Waals surface area contributed by atoms with Gasteiger partial charge in [-0.1, -0.05) is 207 Å². The molecule has 6 nitrogen and oxygen atoms in total. The number of fused-ring (bicyclic) bond motifs is 8. The molecule has 0 amide bonds. The number of benzene rings is 10. The second-order valence-corrected chi connectivity index (χ2v) is 21.2. The number of alkyl halides is 2. The van der Waals surface area contributed by atoms with Crippen LogP contribution in [0, 0.1) is 34.6 Å². The topological polar surface area (TPSA) is 53.7 Å². The lowest BCUT2D eigenvalue weighted by molar-refractivity contribution is 0.0174. The third kappa shape index (κ3) is 16.2. The first kappa shape index (κ1) is 62.1. The van der Waals surface area contributed by atoms with Crippen LogP contribution in [0.25, 0.3) is 76.1 Å². The van der Waals surface area contributed by atoms with E-state index >= 15 is 0 Å². The zero-order chi connectivity index (χ0) is 61.0. The van der Waals surface area contributed by atoms with Gasteiger partial charge in [-0.25, -0.2) is 8.78 Å². The van der Waals surface area contributed by atoms with Gasteiger partial charge in [0.25, 0.3) is 5.92 Å². The normalized spacial score (nSPS) is 10.6. The summed E-state index contributed by atoms with van der Waals surface area (Å²) in [5.41, 5.74) is 13.9. The number of aryl methyl sites for hydroxylation is 9. The number of pyridine rings is 1. The van der Waals surface area contributed by atoms with Gasteiger partial charge in [-0.3, -0.25) is 9.67 Å². The van der Waals surface area contributed by atoms with Gasteiger partial charge in [0.05, 0.1) is 18.0 Å². The summed E-state index contributed by atoms with van der Waals surface area (Å²) in [5, 5.41) is 15.9. The van der Waals surface area contributed by atoms with Crippen molar-refractivity contribution in [3.63, 3.8) is 0 Å². The number of rotatable bonds is 2. The van der Waals surface area contributed by atoms with Crippen molar-refractivity contribution in [2.45, 2.75) is 60.8 Å². The molecule has 10 aromatic carbocycles. The molecule has 0 bridgehead atoms. The number of halogens is 2. The summed E-state index contributed by atoms with van der Waals surface area (Å²) >= 11 is 0. The van der Waals surface area contributed by atoms with Gasteiger partial charge in [-0.2, -0.15) is 5.10 Å². The summed E-state index contributed by atoms with van der Waals surface area (Å²) in [5.74, 6) is -2.71. The Balaban J connectivity index is 0.000000128. The molecule has 0 spiro atoms. The fraction of sp³-hybridized carbons (Fsp3) is 0.154. The molecule has 0 saturated heterocycles. The van der Waals surface area contributed by atoms with Gasteiger partial charge in [0.1, 0.15) is 5.58 Å². The van der Waals surface area contributed by atoms with Crippen LogP contribution >= 0.6 is 0 Å². The minimum Gasteiger partial charge on any atom is -0.464 e. The molecule has 0 N–H and O–H groups in total. The summed E-state index contributed by atoms with van der Waals surface area (Å²) in [6.45, 7) is 13.5. The lowest BCUT2D eigenvalue weighted by Gasteiger charge is -2.08. The Morgan fingerprint density at radius 2 is 0.884 bits per heavy atom. The summed E-state index contributed by atoms with van der Waals surface area (Å²) in [7, 11) is 6.15. The Morgan fingerprint density at radius 1 is 0.419 bits per heavy atom. The van der Waals surface area contributed by atoms with E-state index in [0.717, 1.165) is 24.6 Å². The van der Waals surface area contributed by atoms with Crippen molar-refractivity contribution in [2.24, 2.45) is 21.1 Å². The maximum Gasteiger partial charge on any atom is 0.270 e. The fourth-order valence-electron chi connectivity index (χ4n) is 10.1. The highest BCUT2D eigenvalue weighted by atomic mass is 19.3. The van der Waals surface area contributed by atoms with E-state index in [9.17, 15) is 8.78 Å². The van der Waals surface area contributed by atoms with Crippen LogP contribution in [-0.4, -0.2) is 23.9 Å². The SMILES string of the molecule is CC(F)(F)c1ccccc1.CCc1ccccc1.Cc1cccc2c1ccn2C.Cc1cccc2c1cnn2C.Cc1cccc2ccccc12.Cc1cccc2occc12.Cc1nccc2ccccc12.Cn1c2ccccc2c2ccccc21. The first-order valence-electron chi connectivity index (χ1n) is 29.1. The first-order valence-corrected chi connectivity index (χ1v) is 29.1. The van der Waals surface area contributed by atoms with Crippen LogP contribution in [-0.2, 0) is 33.5 Å². The maximum atomic E-state index is 12.5. The van der Waals surface area contributed by atoms with Gasteiger partial charge in [-0.05, 0) is 134 Å². The Labute approximate surface area is 505 Å². The van der Waals surface area contributed by atoms with Crippen LogP contribution in [0.3, 0.4) is 0 Å². The quantitative estimate of drug-likeness (QED) is 0.173. The van der Waals surface area contributed by atoms with Crippen LogP contribution in [0.1, 0.15) is 52.9 Å². The lowest BCUT2D eigenvalue weighted by atomic mass is 10.1. The van der Waals surface area contributed by atoms with Crippen molar-refractivity contribution >= 4 is 76.1 Å². The molecule has 434 valence electrons. The van der Waals surface area contributed by atoms with Crippen molar-refractivity contribution in [1.82, 2.24) is 23.9 Å². The van der Waals surface area contributed by atoms with E-state index in [1.165, 1.54) is 110 Å². The number of hydrogen-bond acceptors (Lipinski definition) is 3. The van der Waals surface area contributed by atoms with Crippen molar-refractivity contribution in [3.05, 3.63) is 313 Å². The monoisotopic (exact) mass is 1140 g/mol. The molecule has 86 heavy (non-hydrogen) atoms. The minimum absolute atomic E-state index is 0.0648. The van der Waals surface area contributed by atoms with Gasteiger partial charge in [0.15, 0.2) is 0 Å². The lowest BCUT2D eigenvalue weighted by Crippen LogP contribution is -2.05. The molecule has 0 aliphatic heterocycles. The van der Waals surface area contributed by atoms with E-state index in [0.29, 0.717) is 0 Å². The third-order valence-electron chi connectivity index (χ3n) is 15.1. The van der Waals surface area contributed by atoms with Crippen molar-refractivity contribution in [1.29, 1.82) is 0 Å². The highest BCUT2D eigenvalue weighted by Gasteiger charge is 2.23. The van der Waals surface area contributed by atoms with E-state index in [2.05, 4.69) is 250 Å². The Bertz CT molecular complexity index is 4330. The predicted octanol–water partition coefficient (Wildman–Crippen LogP) is 21.2. The number of hydrogen-bond donors (Lipinski definition) is 0. The van der Waals surface area contributed by atoms with Crippen LogP contribution in [0.4, 0.5) is 8.78 Å². The van der Waals surface area contributed by atoms with E-state index in [1.807, 2.05) is 73.5 Å². The molecule has 5 aromatic heterocycles. The van der Waals surface area contributed by atoms with Crippen molar-refractivity contribution < 1.29 is 13.2 Å². The average molecular weight is 1140 g/mol. The molecule has 15 rings (SSSR count). The molecule has 0 radical (unpaired) electrons. The van der Waals surface area contributed by atoms with Gasteiger partial charge in [-0.15, -0.1) is 0 Å². The molecule has 0 aliphatic rings. The molecule has 15 aromatic rings. The molecule has 0 fully saturated rings. The van der Waals surface area contributed by atoms with Crippen molar-refractivity contribution in [2.75, 3.05) is 0 Å². The van der Waals surface area contributed by atoms with Crippen molar-refractivity contribution in [3.8, 4) is 0 Å². The molecule has 5 heterocycles. The smallest absolute Gasteiger partial charge is 0.270 e. The summed E-state index contributed by atoms with van der Waals surface area (Å²) in [6, 6.07) is 83.2. The maximum absolute atomic E-state index is 12.5. The third-order valence-corrected chi connectivity index (χ3v) is 15.1. The molecule has 0 unspecified atom stereocenters. The Morgan fingerprint density at radius 3 is 1.42 bits per heavy atom. The second-order valence-electron chi connectivity index (χ2n) is 21.2. The number of nitrogens with zero attached hydrogens (tertiary/aromatic N) is 5. The molecule has 0 atom stereocenters. The van der Waals surface area contributed by atoms with E-state index < -0.39 is 5.92 Å². The first-order chi connectivity index (χ1) is 41.6. The van der Waals surface area contributed by atoms with Crippen LogP contribution < -0.4 is 0 Å². The zero-order valence-electron chi connectivity index (χ0n) is 51.1. The molecular formula is C78H77F2N5O. The van der Waals surface area contributed by atoms with Crippen LogP contribution in [0.5, 0.6) is 0 Å². The van der Waals surface area contributed by atoms with Gasteiger partial charge < -0.3 is 13.6 Å². The number of para-hydroxylation sites is 2. The standard InChI is InChI=1S/C13H11N.C11H10.C10H11N.C10H9N.C9H10N2.C9H8O.C8H8F2.C8H10/c1-14-12-8-4-2-6-10(12)11-7-3-5-9-13(11)14;1-9-5-4-7-10-6-2-3-8-11(9)10;1-8-4-3-5-10-9(8)6-7-11(10)2;1-8-10-5-3-2-4-9(10)6-7-11-8;1-7-4-3-5-9-8(7)6-10-11(9)2;1-7-3-2-4-9-8(7)5-6-10-9;1-8(9,10)7-5-3-2-4-6-7;1-2-8-6-4-3-5-7-8/h2-9H,1H3;2-8H,1H3;3-7H,1-2H3;2-7H,1H3;3-6H,1-2H3;2*2-6H,1H3;3-7H,2H2,1H3. The number of furan rings is 1. The van der Waals surface area contributed by atoms with Gasteiger partial charge in [0.2, 0.25) is 0 Å². The molecule has 8 heteroatoms. The van der Waals surface area contributed by atoms with Gasteiger partial charge >= 0.3 is 0 Å². The van der Waals surface area contributed by atoms with E-state index in [1.54, 1.807) is 24.5 Å².